The highest BCUT2D eigenvalue weighted by Gasteiger charge is 2.19. The van der Waals surface area contributed by atoms with Crippen LogP contribution in [0.15, 0.2) is 47.5 Å². The Balaban J connectivity index is 2.02. The van der Waals surface area contributed by atoms with Crippen LogP contribution in [0.1, 0.15) is 46.7 Å². The van der Waals surface area contributed by atoms with E-state index in [-0.39, 0.29) is 34.5 Å². The van der Waals surface area contributed by atoms with E-state index >= 15 is 0 Å². The summed E-state index contributed by atoms with van der Waals surface area (Å²) in [5.41, 5.74) is 0.684. The van der Waals surface area contributed by atoms with Crippen molar-refractivity contribution in [3.05, 3.63) is 59.4 Å². The van der Waals surface area contributed by atoms with E-state index in [9.17, 15) is 22.8 Å². The predicted octanol–water partition coefficient (Wildman–Crippen LogP) is 1.65. The lowest BCUT2D eigenvalue weighted by Crippen LogP contribution is -2.30. The number of esters is 1. The number of aromatic nitrogens is 1. The summed E-state index contributed by atoms with van der Waals surface area (Å²) in [6.07, 6.45) is 1.49. The summed E-state index contributed by atoms with van der Waals surface area (Å²) in [4.78, 5) is 39.0. The highest BCUT2D eigenvalue weighted by atomic mass is 32.2. The molecular weight excluding hydrogens is 410 g/mol. The standard InChI is InChI=1S/C20H23N3O6S/c1-13(2)10-18(24)22-11-14-4-7-16(8-5-14)30(27,28)23-19(25)15-6-9-17(21-12-15)20(26)29-3/h4-9,12-13H,10-11H2,1-3H3,(H,22,24)(H,23,25). The summed E-state index contributed by atoms with van der Waals surface area (Å²) in [7, 11) is -2.91. The second kappa shape index (κ2) is 9.97. The Bertz CT molecular complexity index is 1020. The first kappa shape index (κ1) is 23.0. The van der Waals surface area contributed by atoms with E-state index in [1.165, 1.54) is 31.4 Å². The lowest BCUT2D eigenvalue weighted by Gasteiger charge is -2.09. The second-order valence-electron chi connectivity index (χ2n) is 6.88. The van der Waals surface area contributed by atoms with Gasteiger partial charge in [0.2, 0.25) is 5.91 Å². The van der Waals surface area contributed by atoms with Gasteiger partial charge in [-0.15, -0.1) is 0 Å². The molecule has 0 aliphatic rings. The molecule has 1 aromatic carbocycles. The fourth-order valence-corrected chi connectivity index (χ4v) is 3.40. The molecule has 9 nitrogen and oxygen atoms in total. The van der Waals surface area contributed by atoms with Crippen LogP contribution in [0.3, 0.4) is 0 Å². The maximum atomic E-state index is 12.4. The molecule has 0 saturated carbocycles. The zero-order valence-corrected chi connectivity index (χ0v) is 17.7. The van der Waals surface area contributed by atoms with Gasteiger partial charge in [0.25, 0.3) is 15.9 Å². The largest absolute Gasteiger partial charge is 0.464 e. The third-order valence-electron chi connectivity index (χ3n) is 3.96. The minimum absolute atomic E-state index is 0.00650. The fraction of sp³-hybridized carbons (Fsp3) is 0.300. The maximum absolute atomic E-state index is 12.4. The minimum Gasteiger partial charge on any atom is -0.464 e. The monoisotopic (exact) mass is 433 g/mol. The normalized spacial score (nSPS) is 11.1. The van der Waals surface area contributed by atoms with Crippen molar-refractivity contribution < 1.29 is 27.5 Å². The van der Waals surface area contributed by atoms with E-state index in [2.05, 4.69) is 15.0 Å². The van der Waals surface area contributed by atoms with Gasteiger partial charge in [-0.1, -0.05) is 26.0 Å². The molecule has 0 bridgehead atoms. The summed E-state index contributed by atoms with van der Waals surface area (Å²) in [6, 6.07) is 8.34. The second-order valence-corrected chi connectivity index (χ2v) is 8.56. The number of hydrogen-bond donors (Lipinski definition) is 2. The first-order valence-corrected chi connectivity index (χ1v) is 10.6. The fourth-order valence-electron chi connectivity index (χ4n) is 2.42. The third-order valence-corrected chi connectivity index (χ3v) is 5.31. The van der Waals surface area contributed by atoms with E-state index in [4.69, 9.17) is 0 Å². The third kappa shape index (κ3) is 6.38. The number of hydrogen-bond acceptors (Lipinski definition) is 7. The van der Waals surface area contributed by atoms with E-state index < -0.39 is 21.9 Å². The molecule has 1 aromatic heterocycles. The lowest BCUT2D eigenvalue weighted by atomic mass is 10.1. The number of rotatable bonds is 8. The van der Waals surface area contributed by atoms with Crippen molar-refractivity contribution >= 4 is 27.8 Å². The van der Waals surface area contributed by atoms with E-state index in [1.54, 1.807) is 12.1 Å². The molecule has 0 aliphatic carbocycles. The summed E-state index contributed by atoms with van der Waals surface area (Å²) in [5.74, 6) is -1.40. The maximum Gasteiger partial charge on any atom is 0.356 e. The summed E-state index contributed by atoms with van der Waals surface area (Å²) < 4.78 is 31.3. The van der Waals surface area contributed by atoms with Crippen LogP contribution in [0.5, 0.6) is 0 Å². The molecule has 2 rings (SSSR count). The van der Waals surface area contributed by atoms with Gasteiger partial charge in [0, 0.05) is 19.2 Å². The Morgan fingerprint density at radius 1 is 1.07 bits per heavy atom. The number of benzene rings is 1. The SMILES string of the molecule is COC(=O)c1ccc(C(=O)NS(=O)(=O)c2ccc(CNC(=O)CC(C)C)cc2)cn1. The number of nitrogens with zero attached hydrogens (tertiary/aromatic N) is 1. The van der Waals surface area contributed by atoms with Crippen molar-refractivity contribution in [3.63, 3.8) is 0 Å². The van der Waals surface area contributed by atoms with Gasteiger partial charge in [-0.2, -0.15) is 0 Å². The Morgan fingerprint density at radius 3 is 2.27 bits per heavy atom. The number of nitrogens with one attached hydrogen (secondary N) is 2. The molecule has 0 aliphatic heterocycles. The van der Waals surface area contributed by atoms with Gasteiger partial charge in [0.15, 0.2) is 0 Å². The molecular formula is C20H23N3O6S. The van der Waals surface area contributed by atoms with Gasteiger partial charge in [-0.3, -0.25) is 9.59 Å². The van der Waals surface area contributed by atoms with Crippen molar-refractivity contribution in [2.45, 2.75) is 31.7 Å². The number of pyridine rings is 1. The topological polar surface area (TPSA) is 132 Å². The predicted molar refractivity (Wildman–Crippen MR) is 108 cm³/mol. The average molecular weight is 433 g/mol. The number of amides is 2. The van der Waals surface area contributed by atoms with Crippen molar-refractivity contribution in [2.75, 3.05) is 7.11 Å². The minimum atomic E-state index is -4.11. The van der Waals surface area contributed by atoms with Gasteiger partial charge < -0.3 is 10.1 Å². The summed E-state index contributed by atoms with van der Waals surface area (Å²) in [6.45, 7) is 4.16. The highest BCUT2D eigenvalue weighted by molar-refractivity contribution is 7.90. The molecule has 2 aromatic rings. The van der Waals surface area contributed by atoms with Crippen molar-refractivity contribution in [1.82, 2.24) is 15.0 Å². The van der Waals surface area contributed by atoms with Crippen LogP contribution >= 0.6 is 0 Å². The van der Waals surface area contributed by atoms with Crippen LogP contribution in [0.2, 0.25) is 0 Å². The molecule has 0 spiro atoms. The average Bonchev–Trinajstić information content (AvgIpc) is 2.71. The van der Waals surface area contributed by atoms with Gasteiger partial charge in [-0.05, 0) is 35.7 Å². The molecule has 2 amide bonds. The van der Waals surface area contributed by atoms with Crippen LogP contribution in [-0.2, 0) is 26.1 Å². The Labute approximate surface area is 174 Å². The van der Waals surface area contributed by atoms with E-state index in [1.807, 2.05) is 18.6 Å². The Morgan fingerprint density at radius 2 is 1.73 bits per heavy atom. The lowest BCUT2D eigenvalue weighted by molar-refractivity contribution is -0.121. The van der Waals surface area contributed by atoms with Crippen LogP contribution in [-0.4, -0.2) is 38.3 Å². The van der Waals surface area contributed by atoms with E-state index in [0.29, 0.717) is 6.42 Å². The molecule has 0 unspecified atom stereocenters. The first-order chi connectivity index (χ1) is 14.1. The molecule has 30 heavy (non-hydrogen) atoms. The van der Waals surface area contributed by atoms with Crippen LogP contribution in [0, 0.1) is 5.92 Å². The number of ether oxygens (including phenoxy) is 1. The zero-order chi connectivity index (χ0) is 22.3. The number of carbonyl (C=O) groups excluding carboxylic acids is 3. The van der Waals surface area contributed by atoms with Gasteiger partial charge in [-0.25, -0.2) is 22.9 Å². The van der Waals surface area contributed by atoms with Crippen molar-refractivity contribution in [2.24, 2.45) is 5.92 Å². The molecule has 0 atom stereocenters. The van der Waals surface area contributed by atoms with Crippen LogP contribution < -0.4 is 10.0 Å². The summed E-state index contributed by atoms with van der Waals surface area (Å²) in [5, 5.41) is 2.76. The van der Waals surface area contributed by atoms with Crippen molar-refractivity contribution in [1.29, 1.82) is 0 Å². The Kier molecular flexibility index (Phi) is 7.65. The Hall–Kier alpha value is -3.27. The quantitative estimate of drug-likeness (QED) is 0.605. The first-order valence-electron chi connectivity index (χ1n) is 9.09. The molecule has 0 radical (unpaired) electrons. The molecule has 0 fully saturated rings. The molecule has 160 valence electrons. The van der Waals surface area contributed by atoms with Gasteiger partial charge >= 0.3 is 5.97 Å². The van der Waals surface area contributed by atoms with Crippen LogP contribution in [0.25, 0.3) is 0 Å². The van der Waals surface area contributed by atoms with E-state index in [0.717, 1.165) is 11.8 Å². The molecule has 10 heteroatoms. The number of sulfonamides is 1. The molecule has 0 saturated heterocycles. The number of carbonyl (C=O) groups is 3. The van der Waals surface area contributed by atoms with Crippen LogP contribution in [0.4, 0.5) is 0 Å². The zero-order valence-electron chi connectivity index (χ0n) is 16.8. The highest BCUT2D eigenvalue weighted by Crippen LogP contribution is 2.12. The summed E-state index contributed by atoms with van der Waals surface area (Å²) >= 11 is 0. The van der Waals surface area contributed by atoms with Crippen molar-refractivity contribution in [3.8, 4) is 0 Å². The van der Waals surface area contributed by atoms with Gasteiger partial charge in [0.1, 0.15) is 5.69 Å². The number of methoxy groups -OCH3 is 1. The molecule has 2 N–H and O–H groups in total. The van der Waals surface area contributed by atoms with Gasteiger partial charge in [0.05, 0.1) is 17.6 Å². The smallest absolute Gasteiger partial charge is 0.356 e. The molecule has 1 heterocycles.